The minimum atomic E-state index is -0.338. The number of piperidine rings is 1. The topological polar surface area (TPSA) is 307 Å². The monoisotopic (exact) mass is 1920 g/mol. The molecule has 20 aromatic rings. The lowest BCUT2D eigenvalue weighted by Crippen LogP contribution is -2.49. The molecule has 2 unspecified atom stereocenters. The Bertz CT molecular complexity index is 8370. The van der Waals surface area contributed by atoms with Gasteiger partial charge in [0.2, 0.25) is 0 Å². The number of halogens is 2. The molecule has 728 valence electrons. The number of hydrogen-bond acceptors (Lipinski definition) is 20. The molecule has 0 amide bonds. The number of aromatic nitrogens is 15. The number of nitrogens with one attached hydrogen (secondary N) is 6. The predicted octanol–water partition coefficient (Wildman–Crippen LogP) is 17.1. The van der Waals surface area contributed by atoms with Crippen LogP contribution >= 0.6 is 0 Å². The first-order chi connectivity index (χ1) is 69.7. The van der Waals surface area contributed by atoms with Gasteiger partial charge in [-0.05, 0) is 225 Å². The summed E-state index contributed by atoms with van der Waals surface area (Å²) < 4.78 is 49.5. The third-order valence-corrected chi connectivity index (χ3v) is 28.1. The highest BCUT2D eigenvalue weighted by Crippen LogP contribution is 2.37. The Kier molecular flexibility index (Phi) is 26.4. The molecule has 0 aliphatic carbocycles. The lowest BCUT2D eigenvalue weighted by atomic mass is 10.1. The van der Waals surface area contributed by atoms with Gasteiger partial charge >= 0.3 is 0 Å². The summed E-state index contributed by atoms with van der Waals surface area (Å²) >= 11 is 0. The number of fused-ring (bicyclic) bond motifs is 15. The van der Waals surface area contributed by atoms with Gasteiger partial charge in [-0.3, -0.25) is 84.2 Å². The second kappa shape index (κ2) is 40.4. The maximum Gasteiger partial charge on any atom is 0.280 e. The maximum atomic E-state index is 15.5. The molecule has 15 heterocycles. The van der Waals surface area contributed by atoms with E-state index in [1.165, 1.54) is 52.4 Å². The Hall–Kier alpha value is -15.9. The molecular formula is C111H113F2N23O7. The molecule has 6 N–H and O–H groups in total. The first-order valence-electron chi connectivity index (χ1n) is 49.2. The standard InChI is InChI=1S/C24H27N5O2.C23H24FN5O.C22H22N4O2.C21H20FN5O.C21H20N4O/c1-16(2)27-10-12-28(13-11-27)18-6-9-22-20(14-18)23-21(15-25-22)24(30)29(26-23)17-4-7-19(31-3)8-5-17;1-15(2)27-10-12-28(13-11-27)19-9-8-17-21-18(14-25-22(17)20(19)24)23(30)29(26-21)16-6-4-3-5-7-16;1-14-12-25(13-15(2)28-14)17-8-9-20-18(10-17)21-19(11-23-20)22(27)26(24-21)16-6-4-3-5-7-16;22-18-17(26-11-4-9-23-10-12-26)8-7-15-19-16(13-24-20(15)18)21(28)27(25-19)14-5-2-1-3-6-14;26-21-18-14-22-19-10-9-16(24-11-5-2-6-12-24)13-17(19)20(18)23-25(21)15-7-3-1-4-8-15/h4-9,14-16,26H,10-13H2,1-3H3;3-9,14-15,26H,10-13H2,1-2H3;3-11,14-15,24H,12-13H2,1-2H3;1-3,5-8,13,23,25H,4,9-12H2;1,3-4,7-10,13-14,23H,2,5-6,11-12H2. The van der Waals surface area contributed by atoms with E-state index in [4.69, 9.17) is 9.47 Å². The number of pyridine rings is 5. The molecule has 0 radical (unpaired) electrons. The van der Waals surface area contributed by atoms with E-state index < -0.39 is 0 Å². The van der Waals surface area contributed by atoms with Gasteiger partial charge < -0.3 is 39.3 Å². The molecule has 143 heavy (non-hydrogen) atoms. The Morgan fingerprint density at radius 3 is 0.993 bits per heavy atom. The molecule has 5 aliphatic rings. The van der Waals surface area contributed by atoms with Crippen LogP contribution in [-0.4, -0.2) is 220 Å². The van der Waals surface area contributed by atoms with E-state index in [0.717, 1.165) is 200 Å². The smallest absolute Gasteiger partial charge is 0.280 e. The predicted molar refractivity (Wildman–Crippen MR) is 568 cm³/mol. The van der Waals surface area contributed by atoms with Gasteiger partial charge in [0, 0.05) is 185 Å². The highest BCUT2D eigenvalue weighted by atomic mass is 19.1. The number of nitrogens with zero attached hydrogens (tertiary/aromatic N) is 17. The average Bonchev–Trinajstić information content (AvgIpc) is 1.64. The summed E-state index contributed by atoms with van der Waals surface area (Å²) in [5, 5.41) is 26.3. The van der Waals surface area contributed by atoms with Crippen molar-refractivity contribution >= 4 is 137 Å². The van der Waals surface area contributed by atoms with Crippen molar-refractivity contribution in [3.05, 3.63) is 319 Å². The van der Waals surface area contributed by atoms with Crippen LogP contribution in [0.4, 0.5) is 37.2 Å². The molecule has 32 heteroatoms. The Labute approximate surface area is 820 Å². The second-order valence-electron chi connectivity index (χ2n) is 37.8. The summed E-state index contributed by atoms with van der Waals surface area (Å²) in [7, 11) is 1.63. The molecule has 5 aliphatic heterocycles. The van der Waals surface area contributed by atoms with Crippen molar-refractivity contribution in [3.63, 3.8) is 0 Å². The fraction of sp³-hybridized carbons (Fsp3) is 0.279. The van der Waals surface area contributed by atoms with Crippen LogP contribution in [0.5, 0.6) is 5.75 Å². The Morgan fingerprint density at radius 2 is 0.629 bits per heavy atom. The number of ether oxygens (including phenoxy) is 2. The zero-order chi connectivity index (χ0) is 98.2. The zero-order valence-corrected chi connectivity index (χ0v) is 80.9. The van der Waals surface area contributed by atoms with Gasteiger partial charge in [0.15, 0.2) is 11.6 Å². The number of rotatable bonds is 13. The molecule has 0 bridgehead atoms. The van der Waals surface area contributed by atoms with Crippen molar-refractivity contribution in [2.75, 3.05) is 136 Å². The van der Waals surface area contributed by atoms with Gasteiger partial charge in [-0.1, -0.05) is 72.8 Å². The van der Waals surface area contributed by atoms with E-state index in [0.29, 0.717) is 72.2 Å². The van der Waals surface area contributed by atoms with E-state index >= 15 is 8.78 Å². The number of piperazine rings is 2. The summed E-state index contributed by atoms with van der Waals surface area (Å²) in [4.78, 5) is 103. The third kappa shape index (κ3) is 18.6. The van der Waals surface area contributed by atoms with Crippen LogP contribution in [0.25, 0.3) is 137 Å². The molecular weight excluding hydrogens is 1810 g/mol. The van der Waals surface area contributed by atoms with E-state index in [1.807, 2.05) is 176 Å². The fourth-order valence-electron chi connectivity index (χ4n) is 20.4. The second-order valence-corrected chi connectivity index (χ2v) is 37.8. The van der Waals surface area contributed by atoms with Gasteiger partial charge in [0.25, 0.3) is 27.8 Å². The van der Waals surface area contributed by atoms with Crippen molar-refractivity contribution in [2.24, 2.45) is 0 Å². The van der Waals surface area contributed by atoms with Crippen LogP contribution in [0.3, 0.4) is 0 Å². The largest absolute Gasteiger partial charge is 0.497 e. The van der Waals surface area contributed by atoms with Crippen LogP contribution in [0.2, 0.25) is 0 Å². The van der Waals surface area contributed by atoms with Crippen LogP contribution < -0.4 is 62.3 Å². The summed E-state index contributed by atoms with van der Waals surface area (Å²) in [6.07, 6.45) is 13.1. The quantitative estimate of drug-likeness (QED) is 0.0625. The summed E-state index contributed by atoms with van der Waals surface area (Å²) in [6.45, 7) is 27.8. The van der Waals surface area contributed by atoms with Crippen molar-refractivity contribution in [2.45, 2.75) is 91.5 Å². The number of aromatic amines is 5. The number of methoxy groups -OCH3 is 1. The summed E-state index contributed by atoms with van der Waals surface area (Å²) in [5.41, 5.74) is 14.7. The average molecular weight is 1920 g/mol. The number of hydrogen-bond donors (Lipinski definition) is 6. The van der Waals surface area contributed by atoms with E-state index in [9.17, 15) is 24.0 Å². The van der Waals surface area contributed by atoms with Crippen LogP contribution in [0, 0.1) is 11.6 Å². The summed E-state index contributed by atoms with van der Waals surface area (Å²) in [5.74, 6) is 0.0811. The minimum Gasteiger partial charge on any atom is -0.497 e. The number of anilines is 5. The van der Waals surface area contributed by atoms with Crippen molar-refractivity contribution in [3.8, 4) is 34.2 Å². The lowest BCUT2D eigenvalue weighted by molar-refractivity contribution is -0.00521. The molecule has 5 fully saturated rings. The lowest BCUT2D eigenvalue weighted by Gasteiger charge is -2.38. The van der Waals surface area contributed by atoms with E-state index in [-0.39, 0.29) is 62.7 Å². The molecule has 0 spiro atoms. The minimum absolute atomic E-state index is 0.0658. The molecule has 25 rings (SSSR count). The van der Waals surface area contributed by atoms with Gasteiger partial charge in [-0.25, -0.2) is 32.2 Å². The molecule has 0 saturated carbocycles. The van der Waals surface area contributed by atoms with Gasteiger partial charge in [-0.15, -0.1) is 0 Å². The molecule has 30 nitrogen and oxygen atoms in total. The highest BCUT2D eigenvalue weighted by molar-refractivity contribution is 6.08. The number of benzene rings is 10. The van der Waals surface area contributed by atoms with Crippen molar-refractivity contribution in [1.82, 2.24) is 88.9 Å². The highest BCUT2D eigenvalue weighted by Gasteiger charge is 2.29. The van der Waals surface area contributed by atoms with Crippen molar-refractivity contribution < 1.29 is 18.3 Å². The van der Waals surface area contributed by atoms with Gasteiger partial charge in [-0.2, -0.15) is 0 Å². The van der Waals surface area contributed by atoms with Gasteiger partial charge in [0.05, 0.1) is 130 Å². The number of para-hydroxylation sites is 4. The molecule has 2 atom stereocenters. The normalized spacial score (nSPS) is 16.2. The van der Waals surface area contributed by atoms with E-state index in [2.05, 4.69) is 174 Å². The van der Waals surface area contributed by atoms with Gasteiger partial charge in [0.1, 0.15) is 16.8 Å². The third-order valence-electron chi connectivity index (χ3n) is 28.1. The SMILES string of the molecule is CC(C)N1CCN(c2ccc3c(ncc4c(=O)n(-c5ccccc5)[nH]c43)c2F)CC1.CC1CN(c2ccc3ncc4c(=O)n(-c5ccccc5)[nH]c4c3c2)CC(C)O1.COc1ccc(-n2[nH]c3c(cnc4ccc(N5CCN(C(C)C)CC5)cc43)c2=O)cc1.O=c1c2cnc3c(F)c(N4CCCNCC4)ccc3c2[nH]n1-c1ccccc1.O=c1c2cnc3ccc(N4CCCCC4)cc3c2[nH]n1-c1ccccc1. The first-order valence-corrected chi connectivity index (χ1v) is 49.2. The zero-order valence-electron chi connectivity index (χ0n) is 80.9. The van der Waals surface area contributed by atoms with Crippen LogP contribution in [0.1, 0.15) is 67.2 Å². The Morgan fingerprint density at radius 1 is 0.315 bits per heavy atom. The van der Waals surface area contributed by atoms with E-state index in [1.54, 1.807) is 45.8 Å². The number of morpholine rings is 1. The Balaban J connectivity index is 0.000000106. The molecule has 10 aromatic heterocycles. The fourth-order valence-corrected chi connectivity index (χ4v) is 20.4. The maximum absolute atomic E-state index is 15.5. The number of H-pyrrole nitrogens is 5. The first kappa shape index (κ1) is 93.4. The van der Waals surface area contributed by atoms with Crippen LogP contribution in [0.15, 0.2) is 279 Å². The summed E-state index contributed by atoms with van der Waals surface area (Å²) in [6, 6.07) is 72.6. The van der Waals surface area contributed by atoms with Crippen molar-refractivity contribution in [1.29, 1.82) is 0 Å². The molecule has 10 aromatic carbocycles. The van der Waals surface area contributed by atoms with Crippen LogP contribution in [-0.2, 0) is 4.74 Å². The molecule has 5 saturated heterocycles.